The van der Waals surface area contributed by atoms with Gasteiger partial charge in [-0.1, -0.05) is 19.6 Å². The van der Waals surface area contributed by atoms with E-state index < -0.39 is 17.2 Å². The first-order valence-corrected chi connectivity index (χ1v) is 26.3. The summed E-state index contributed by atoms with van der Waals surface area (Å²) in [7, 11) is 0. The molecule has 1 amide bonds. The molecule has 16 heteroatoms. The van der Waals surface area contributed by atoms with Gasteiger partial charge in [-0.2, -0.15) is 15.1 Å². The molecule has 7 heterocycles. The Labute approximate surface area is 419 Å². The van der Waals surface area contributed by atoms with Crippen molar-refractivity contribution in [3.05, 3.63) is 84.3 Å². The molecule has 1 unspecified atom stereocenters. The molecule has 3 aromatic carbocycles. The number of ether oxygens (including phenoxy) is 1. The summed E-state index contributed by atoms with van der Waals surface area (Å²) in [6.07, 6.45) is 13.8. The van der Waals surface area contributed by atoms with Crippen LogP contribution >= 0.6 is 0 Å². The number of fused-ring (bicyclic) bond motifs is 3. The number of halogens is 2. The van der Waals surface area contributed by atoms with Crippen molar-refractivity contribution in [2.75, 3.05) is 81.9 Å². The van der Waals surface area contributed by atoms with Crippen LogP contribution in [0, 0.1) is 28.4 Å². The Balaban J connectivity index is 0.667. The summed E-state index contributed by atoms with van der Waals surface area (Å²) in [5.41, 5.74) is 3.14. The van der Waals surface area contributed by atoms with Crippen LogP contribution < -0.4 is 19.9 Å². The topological polar surface area (TPSA) is 148 Å². The summed E-state index contributed by atoms with van der Waals surface area (Å²) in [6.45, 7) is 17.3. The molecular formula is C56H66F2N10O4. The predicted molar refractivity (Wildman–Crippen MR) is 275 cm³/mol. The van der Waals surface area contributed by atoms with Gasteiger partial charge in [0.25, 0.3) is 0 Å². The van der Waals surface area contributed by atoms with E-state index in [1.165, 1.54) is 50.0 Å². The molecule has 3 N–H and O–H groups in total. The molecule has 0 radical (unpaired) electrons. The third-order valence-corrected chi connectivity index (χ3v) is 17.2. The lowest BCUT2D eigenvalue weighted by molar-refractivity contribution is -0.125. The number of nitrogens with zero attached hydrogens (tertiary/aromatic N) is 9. The quantitative estimate of drug-likeness (QED) is 0.108. The highest BCUT2D eigenvalue weighted by molar-refractivity contribution is 6.02. The monoisotopic (exact) mass is 981 g/mol. The standard InChI is InChI=1S/C56H66F2N10O4/c1-4-41-44(57)9-7-37-25-40(69)26-42(47(37)41)49-48(58)50-43(30-59-49)51(67-17-5-12-54(3,71)32-67)63-53(62-50)72-34-56(13-14-56)33-65-18-15-55(16-19-65)27-36(28-55)31-64-20-22-66(23-21-64)39-8-11-45-38(24-39)29-60-68(45)46-10-6-35(2)61-52(46)70/h7-9,11,24-26,29-30,36,46,69,71H,2,4-6,10,12-23,27-28,31-34H2,1,3H3,(H,61,70)/t46?,54-/m1/s1. The smallest absolute Gasteiger partial charge is 0.319 e. The molecule has 4 saturated heterocycles. The summed E-state index contributed by atoms with van der Waals surface area (Å²) >= 11 is 0. The number of aryl methyl sites for hydroxylation is 1. The van der Waals surface area contributed by atoms with Crippen LogP contribution in [0.4, 0.5) is 20.3 Å². The summed E-state index contributed by atoms with van der Waals surface area (Å²) < 4.78 is 40.7. The maximum Gasteiger partial charge on any atom is 0.319 e. The number of benzene rings is 3. The Kier molecular flexibility index (Phi) is 11.9. The van der Waals surface area contributed by atoms with Crippen LogP contribution in [0.25, 0.3) is 43.8 Å². The van der Waals surface area contributed by atoms with Gasteiger partial charge in [-0.3, -0.25) is 19.4 Å². The number of phenolic OH excluding ortho intramolecular Hbond substituents is 1. The molecule has 4 aliphatic heterocycles. The van der Waals surface area contributed by atoms with Crippen molar-refractivity contribution in [2.24, 2.45) is 16.7 Å². The lowest BCUT2D eigenvalue weighted by Crippen LogP contribution is -2.53. The number of rotatable bonds is 12. The average Bonchev–Trinajstić information content (AvgIpc) is 4.00. The Morgan fingerprint density at radius 2 is 1.71 bits per heavy atom. The number of allylic oxidation sites excluding steroid dienone is 1. The van der Waals surface area contributed by atoms with Gasteiger partial charge in [0.15, 0.2) is 5.82 Å². The molecular weight excluding hydrogens is 915 g/mol. The molecule has 378 valence electrons. The first-order chi connectivity index (χ1) is 34.7. The minimum absolute atomic E-state index is 0.0255. The second-order valence-electron chi connectivity index (χ2n) is 22.6. The Bertz CT molecular complexity index is 3090. The number of likely N-dealkylation sites (tertiary alicyclic amines) is 1. The number of β-amino-alcohol motifs (C(OH)–C–C–N with tert-alkyl or cyclic N) is 1. The lowest BCUT2D eigenvalue weighted by Gasteiger charge is -2.54. The summed E-state index contributed by atoms with van der Waals surface area (Å²) in [5, 5.41) is 31.9. The number of piperidine rings is 3. The van der Waals surface area contributed by atoms with E-state index in [1.54, 1.807) is 25.3 Å². The van der Waals surface area contributed by atoms with E-state index in [0.29, 0.717) is 71.9 Å². The molecule has 2 saturated carbocycles. The first-order valence-electron chi connectivity index (χ1n) is 26.3. The van der Waals surface area contributed by atoms with E-state index in [2.05, 4.69) is 54.9 Å². The molecule has 1 spiro atoms. The van der Waals surface area contributed by atoms with Crippen molar-refractivity contribution in [2.45, 2.75) is 96.1 Å². The largest absolute Gasteiger partial charge is 0.508 e. The second-order valence-corrected chi connectivity index (χ2v) is 22.6. The Hall–Kier alpha value is -5.97. The number of nitrogens with one attached hydrogen (secondary N) is 1. The zero-order valence-electron chi connectivity index (χ0n) is 41.6. The van der Waals surface area contributed by atoms with E-state index >= 15 is 8.78 Å². The Morgan fingerprint density at radius 1 is 0.903 bits per heavy atom. The molecule has 14 nitrogen and oxygen atoms in total. The van der Waals surface area contributed by atoms with Crippen LogP contribution in [0.15, 0.2) is 67.1 Å². The zero-order chi connectivity index (χ0) is 49.5. The van der Waals surface area contributed by atoms with Gasteiger partial charge in [0.2, 0.25) is 5.91 Å². The maximum absolute atomic E-state index is 17.2. The number of pyridine rings is 1. The van der Waals surface area contributed by atoms with E-state index in [1.807, 2.05) is 22.7 Å². The molecule has 72 heavy (non-hydrogen) atoms. The number of aliphatic hydroxyl groups is 1. The number of piperazine rings is 1. The first kappa shape index (κ1) is 47.1. The summed E-state index contributed by atoms with van der Waals surface area (Å²) in [4.78, 5) is 36.6. The van der Waals surface area contributed by atoms with Crippen molar-refractivity contribution >= 4 is 50.0 Å². The Morgan fingerprint density at radius 3 is 2.46 bits per heavy atom. The second kappa shape index (κ2) is 18.2. The molecule has 6 aromatic rings. The number of carbonyl (C=O) groups is 1. The zero-order valence-corrected chi connectivity index (χ0v) is 41.6. The average molecular weight is 981 g/mol. The highest BCUT2D eigenvalue weighted by Gasteiger charge is 2.49. The van der Waals surface area contributed by atoms with Gasteiger partial charge in [0.05, 0.1) is 29.3 Å². The van der Waals surface area contributed by atoms with Crippen LogP contribution in [0.2, 0.25) is 0 Å². The fraction of sp³-hybridized carbons (Fsp3) is 0.518. The van der Waals surface area contributed by atoms with Crippen molar-refractivity contribution in [1.82, 2.24) is 39.8 Å². The van der Waals surface area contributed by atoms with Gasteiger partial charge in [0.1, 0.15) is 34.6 Å². The van der Waals surface area contributed by atoms with E-state index in [4.69, 9.17) is 14.7 Å². The molecule has 2 aliphatic carbocycles. The number of amides is 1. The number of carbonyl (C=O) groups excluding carboxylic acids is 1. The number of phenols is 1. The minimum Gasteiger partial charge on any atom is -0.508 e. The fourth-order valence-electron chi connectivity index (χ4n) is 13.1. The minimum atomic E-state index is -0.953. The number of hydrogen-bond acceptors (Lipinski definition) is 12. The van der Waals surface area contributed by atoms with Crippen molar-refractivity contribution in [3.63, 3.8) is 0 Å². The SMILES string of the molecule is C=C1CCC(n2ncc3cc(N4CCN(CC5CC6(CCN(CC7(COc8nc(N9CCC[C@@](C)(O)C9)c9cnc(-c%10cc(O)cc%11ccc(F)c(CC)c%10%11)c(F)c9n8)CC7)CC6)C5)CC4)ccc32)C(=O)N1. The lowest BCUT2D eigenvalue weighted by atomic mass is 9.57. The van der Waals surface area contributed by atoms with Gasteiger partial charge in [-0.15, -0.1) is 0 Å². The van der Waals surface area contributed by atoms with Crippen molar-refractivity contribution in [1.29, 1.82) is 0 Å². The van der Waals surface area contributed by atoms with Crippen LogP contribution in [-0.4, -0.2) is 128 Å². The fourth-order valence-corrected chi connectivity index (χ4v) is 13.1. The maximum atomic E-state index is 17.2. The van der Waals surface area contributed by atoms with Crippen molar-refractivity contribution in [3.8, 4) is 23.0 Å². The van der Waals surface area contributed by atoms with Gasteiger partial charge < -0.3 is 35.0 Å². The third-order valence-electron chi connectivity index (χ3n) is 17.2. The van der Waals surface area contributed by atoms with Crippen LogP contribution in [0.1, 0.15) is 89.7 Å². The third kappa shape index (κ3) is 8.90. The van der Waals surface area contributed by atoms with Crippen LogP contribution in [0.3, 0.4) is 0 Å². The van der Waals surface area contributed by atoms with E-state index in [-0.39, 0.29) is 45.9 Å². The van der Waals surface area contributed by atoms with Gasteiger partial charge in [-0.25, -0.2) is 8.78 Å². The number of hydrogen-bond donors (Lipinski definition) is 3. The highest BCUT2D eigenvalue weighted by atomic mass is 19.1. The highest BCUT2D eigenvalue weighted by Crippen LogP contribution is 2.54. The number of anilines is 2. The van der Waals surface area contributed by atoms with E-state index in [9.17, 15) is 15.0 Å². The van der Waals surface area contributed by atoms with Crippen molar-refractivity contribution < 1.29 is 28.5 Å². The number of aromatic nitrogens is 5. The molecule has 12 rings (SSSR count). The molecule has 6 aliphatic rings. The van der Waals surface area contributed by atoms with E-state index in [0.717, 1.165) is 94.0 Å². The molecule has 3 aromatic heterocycles. The van der Waals surface area contributed by atoms with Crippen LogP contribution in [0.5, 0.6) is 11.8 Å². The summed E-state index contributed by atoms with van der Waals surface area (Å²) in [5.74, 6) is -0.0154. The molecule has 6 fully saturated rings. The molecule has 2 atom stereocenters. The predicted octanol–water partition coefficient (Wildman–Crippen LogP) is 8.53. The number of aromatic hydroxyl groups is 1. The van der Waals surface area contributed by atoms with Crippen LogP contribution in [-0.2, 0) is 11.2 Å². The van der Waals surface area contributed by atoms with Gasteiger partial charge in [0, 0.05) is 86.3 Å². The van der Waals surface area contributed by atoms with Gasteiger partial charge >= 0.3 is 6.01 Å². The summed E-state index contributed by atoms with van der Waals surface area (Å²) in [6, 6.07) is 12.2. The molecule has 0 bridgehead atoms. The normalized spacial score (nSPS) is 23.8. The van der Waals surface area contributed by atoms with Gasteiger partial charge in [-0.05, 0) is 155 Å².